The van der Waals surface area contributed by atoms with E-state index in [0.29, 0.717) is 5.31 Å². The molecule has 0 radical (unpaired) electrons. The molecule has 2 aliphatic heterocycles. The van der Waals surface area contributed by atoms with E-state index in [4.69, 9.17) is 6.42 Å². The fraction of sp³-hybridized carbons (Fsp3) is 0.800. The van der Waals surface area contributed by atoms with Crippen molar-refractivity contribution in [3.05, 3.63) is 0 Å². The Morgan fingerprint density at radius 2 is 1.91 bits per heavy atom. The van der Waals surface area contributed by atoms with E-state index in [2.05, 4.69) is 5.92 Å². The minimum absolute atomic E-state index is 0.348. The molecule has 0 N–H and O–H groups in total. The normalized spacial score (nSPS) is 42.3. The summed E-state index contributed by atoms with van der Waals surface area (Å²) in [7, 11) is 1.34. The first-order chi connectivity index (χ1) is 5.35. The van der Waals surface area contributed by atoms with Crippen molar-refractivity contribution in [2.45, 2.75) is 49.7 Å². The van der Waals surface area contributed by atoms with E-state index in [-0.39, 0.29) is 0 Å². The number of terminal acetylenes is 1. The SMILES string of the molecule is C#CC12BC(CCC1)CCC2. The summed E-state index contributed by atoms with van der Waals surface area (Å²) in [4.78, 5) is 0. The van der Waals surface area contributed by atoms with Gasteiger partial charge in [0.15, 0.2) is 0 Å². The van der Waals surface area contributed by atoms with E-state index in [1.807, 2.05) is 0 Å². The molecule has 0 unspecified atom stereocenters. The molecule has 0 saturated carbocycles. The second-order valence-electron chi connectivity index (χ2n) is 4.28. The highest BCUT2D eigenvalue weighted by Gasteiger charge is 2.38. The smallest absolute Gasteiger partial charge is 0.120 e. The topological polar surface area (TPSA) is 0 Å². The van der Waals surface area contributed by atoms with Gasteiger partial charge >= 0.3 is 0 Å². The predicted molar refractivity (Wildman–Crippen MR) is 50.1 cm³/mol. The van der Waals surface area contributed by atoms with Gasteiger partial charge in [-0.3, -0.25) is 0 Å². The van der Waals surface area contributed by atoms with Gasteiger partial charge in [-0.25, -0.2) is 0 Å². The van der Waals surface area contributed by atoms with Crippen molar-refractivity contribution < 1.29 is 0 Å². The maximum absolute atomic E-state index is 5.59. The molecule has 0 atom stereocenters. The third-order valence-corrected chi connectivity index (χ3v) is 3.52. The molecule has 58 valence electrons. The number of rotatable bonds is 0. The van der Waals surface area contributed by atoms with Crippen LogP contribution in [0.4, 0.5) is 0 Å². The summed E-state index contributed by atoms with van der Waals surface area (Å²) < 4.78 is 0. The summed E-state index contributed by atoms with van der Waals surface area (Å²) in [6.07, 6.45) is 13.9. The Balaban J connectivity index is 2.15. The van der Waals surface area contributed by atoms with Crippen molar-refractivity contribution in [2.75, 3.05) is 0 Å². The van der Waals surface area contributed by atoms with E-state index in [9.17, 15) is 0 Å². The van der Waals surface area contributed by atoms with Crippen LogP contribution >= 0.6 is 0 Å². The van der Waals surface area contributed by atoms with Crippen LogP contribution in [-0.2, 0) is 0 Å². The van der Waals surface area contributed by atoms with Gasteiger partial charge in [0.05, 0.1) is 0 Å². The van der Waals surface area contributed by atoms with Gasteiger partial charge in [-0.1, -0.05) is 31.5 Å². The van der Waals surface area contributed by atoms with Gasteiger partial charge in [0.25, 0.3) is 0 Å². The van der Waals surface area contributed by atoms with Crippen LogP contribution in [0.3, 0.4) is 0 Å². The molecule has 11 heavy (non-hydrogen) atoms. The van der Waals surface area contributed by atoms with Crippen molar-refractivity contribution in [2.24, 2.45) is 0 Å². The average Bonchev–Trinajstić information content (AvgIpc) is 2.05. The second-order valence-corrected chi connectivity index (χ2v) is 4.28. The fourth-order valence-corrected chi connectivity index (χ4v) is 2.89. The Hall–Kier alpha value is -0.375. The van der Waals surface area contributed by atoms with Gasteiger partial charge < -0.3 is 0 Å². The molecule has 0 amide bonds. The molecule has 0 aromatic carbocycles. The maximum Gasteiger partial charge on any atom is 0.146 e. The molecule has 0 aromatic rings. The van der Waals surface area contributed by atoms with E-state index in [1.165, 1.54) is 45.8 Å². The quantitative estimate of drug-likeness (QED) is 0.363. The van der Waals surface area contributed by atoms with Gasteiger partial charge in [-0.2, -0.15) is 0 Å². The molecule has 2 fully saturated rings. The first-order valence-electron chi connectivity index (χ1n) is 4.82. The molecular weight excluding hydrogens is 131 g/mol. The molecular formula is C10H15B. The van der Waals surface area contributed by atoms with Gasteiger partial charge in [0.2, 0.25) is 0 Å². The number of hydrogen-bond donors (Lipinski definition) is 0. The van der Waals surface area contributed by atoms with E-state index in [1.54, 1.807) is 0 Å². The molecule has 0 nitrogen and oxygen atoms in total. The van der Waals surface area contributed by atoms with E-state index in [0.717, 1.165) is 5.82 Å². The van der Waals surface area contributed by atoms with Gasteiger partial charge in [0, 0.05) is 5.31 Å². The fourth-order valence-electron chi connectivity index (χ4n) is 2.89. The summed E-state index contributed by atoms with van der Waals surface area (Å²) in [6, 6.07) is 0. The molecule has 0 aromatic heterocycles. The molecule has 0 aliphatic carbocycles. The first-order valence-corrected chi connectivity index (χ1v) is 4.82. The maximum atomic E-state index is 5.59. The summed E-state index contributed by atoms with van der Waals surface area (Å²) in [5.41, 5.74) is 0. The summed E-state index contributed by atoms with van der Waals surface area (Å²) in [5, 5.41) is 0.348. The van der Waals surface area contributed by atoms with Crippen LogP contribution < -0.4 is 0 Å². The Morgan fingerprint density at radius 3 is 2.36 bits per heavy atom. The minimum Gasteiger partial charge on any atom is -0.120 e. The van der Waals surface area contributed by atoms with Gasteiger partial charge in [-0.15, -0.1) is 12.3 Å². The highest BCUT2D eigenvalue weighted by Crippen LogP contribution is 2.50. The minimum atomic E-state index is 0.348. The van der Waals surface area contributed by atoms with Crippen LogP contribution in [0.5, 0.6) is 0 Å². The molecule has 2 rings (SSSR count). The van der Waals surface area contributed by atoms with E-state index >= 15 is 0 Å². The molecule has 2 aliphatic rings. The largest absolute Gasteiger partial charge is 0.146 e. The zero-order valence-electron chi connectivity index (χ0n) is 7.10. The summed E-state index contributed by atoms with van der Waals surface area (Å²) in [5.74, 6) is 4.03. The van der Waals surface area contributed by atoms with Crippen molar-refractivity contribution in [3.8, 4) is 12.3 Å². The Labute approximate surface area is 70.0 Å². The zero-order chi connectivity index (χ0) is 7.73. The molecule has 2 saturated heterocycles. The lowest BCUT2D eigenvalue weighted by Crippen LogP contribution is -2.31. The van der Waals surface area contributed by atoms with Crippen LogP contribution in [-0.4, -0.2) is 7.28 Å². The summed E-state index contributed by atoms with van der Waals surface area (Å²) in [6.45, 7) is 0. The van der Waals surface area contributed by atoms with Crippen molar-refractivity contribution in [1.82, 2.24) is 0 Å². The van der Waals surface area contributed by atoms with Crippen molar-refractivity contribution in [1.29, 1.82) is 0 Å². The predicted octanol–water partition coefficient (Wildman–Crippen LogP) is 2.37. The lowest BCUT2D eigenvalue weighted by atomic mass is 9.36. The number of fused-ring (bicyclic) bond motifs is 2. The Bertz CT molecular complexity index is 180. The average molecular weight is 146 g/mol. The van der Waals surface area contributed by atoms with Gasteiger partial charge in [-0.05, 0) is 12.8 Å². The highest BCUT2D eigenvalue weighted by atomic mass is 14.3. The second kappa shape index (κ2) is 2.59. The van der Waals surface area contributed by atoms with Crippen LogP contribution in [0.2, 0.25) is 11.1 Å². The lowest BCUT2D eigenvalue weighted by Gasteiger charge is -2.40. The standard InChI is InChI=1S/C10H15B/c1-2-10-7-3-5-9(11-10)6-4-8-10/h1,9,11H,3-8H2. The van der Waals surface area contributed by atoms with Crippen molar-refractivity contribution >= 4 is 7.28 Å². The van der Waals surface area contributed by atoms with Crippen molar-refractivity contribution in [3.63, 3.8) is 0 Å². The van der Waals surface area contributed by atoms with Crippen LogP contribution in [0.15, 0.2) is 0 Å². The molecule has 1 heteroatoms. The van der Waals surface area contributed by atoms with Gasteiger partial charge in [0.1, 0.15) is 7.28 Å². The monoisotopic (exact) mass is 146 g/mol. The Kier molecular flexibility index (Phi) is 1.72. The van der Waals surface area contributed by atoms with Crippen LogP contribution in [0.25, 0.3) is 0 Å². The molecule has 2 bridgehead atoms. The zero-order valence-corrected chi connectivity index (χ0v) is 7.10. The summed E-state index contributed by atoms with van der Waals surface area (Å²) >= 11 is 0. The third kappa shape index (κ3) is 1.20. The molecule has 0 spiro atoms. The number of hydrogen-bond acceptors (Lipinski definition) is 0. The van der Waals surface area contributed by atoms with E-state index < -0.39 is 0 Å². The van der Waals surface area contributed by atoms with Crippen LogP contribution in [0, 0.1) is 12.3 Å². The highest BCUT2D eigenvalue weighted by molar-refractivity contribution is 6.44. The lowest BCUT2D eigenvalue weighted by molar-refractivity contribution is 0.407. The Morgan fingerprint density at radius 1 is 1.27 bits per heavy atom. The molecule has 2 heterocycles. The first kappa shape index (κ1) is 7.28. The van der Waals surface area contributed by atoms with Crippen LogP contribution in [0.1, 0.15) is 38.5 Å². The third-order valence-electron chi connectivity index (χ3n) is 3.52.